The molecule has 326 valence electrons. The fourth-order valence-electron chi connectivity index (χ4n) is 7.57. The number of unbranched alkanes of at least 4 members (excludes halogenated alkanes) is 27. The van der Waals surface area contributed by atoms with Crippen LogP contribution in [0.4, 0.5) is 0 Å². The first-order valence-electron chi connectivity index (χ1n) is 23.4. The van der Waals surface area contributed by atoms with E-state index in [2.05, 4.69) is 31.3 Å². The van der Waals surface area contributed by atoms with Crippen molar-refractivity contribution in [3.63, 3.8) is 0 Å². The minimum atomic E-state index is -1.55. The van der Waals surface area contributed by atoms with E-state index < -0.39 is 49.5 Å². The number of ether oxygens (including phenoxy) is 2. The van der Waals surface area contributed by atoms with Crippen molar-refractivity contribution < 1.29 is 39.8 Å². The Labute approximate surface area is 337 Å². The van der Waals surface area contributed by atoms with Crippen LogP contribution in [0.3, 0.4) is 0 Å². The lowest BCUT2D eigenvalue weighted by Crippen LogP contribution is -2.60. The van der Waals surface area contributed by atoms with Crippen molar-refractivity contribution in [2.75, 3.05) is 13.2 Å². The summed E-state index contributed by atoms with van der Waals surface area (Å²) in [7, 11) is 0. The lowest BCUT2D eigenvalue weighted by atomic mass is 9.99. The molecule has 1 fully saturated rings. The van der Waals surface area contributed by atoms with Crippen molar-refractivity contribution in [3.8, 4) is 0 Å². The molecule has 0 aromatic heterocycles. The summed E-state index contributed by atoms with van der Waals surface area (Å²) in [6.07, 6.45) is 35.0. The highest BCUT2D eigenvalue weighted by Crippen LogP contribution is 2.23. The van der Waals surface area contributed by atoms with Crippen LogP contribution in [0.15, 0.2) is 12.2 Å². The maximum Gasteiger partial charge on any atom is 0.220 e. The van der Waals surface area contributed by atoms with Gasteiger partial charge in [0, 0.05) is 6.42 Å². The molecule has 1 aliphatic heterocycles. The highest BCUT2D eigenvalue weighted by atomic mass is 16.7. The third kappa shape index (κ3) is 28.1. The van der Waals surface area contributed by atoms with Crippen molar-refractivity contribution >= 4 is 5.91 Å². The lowest BCUT2D eigenvalue weighted by Gasteiger charge is -2.40. The molecule has 0 radical (unpaired) electrons. The summed E-state index contributed by atoms with van der Waals surface area (Å²) in [4.78, 5) is 13.0. The summed E-state index contributed by atoms with van der Waals surface area (Å²) in [6, 6.07) is -0.716. The molecular weight excluding hydrogens is 695 g/mol. The van der Waals surface area contributed by atoms with Crippen LogP contribution < -0.4 is 5.32 Å². The second-order valence-electron chi connectivity index (χ2n) is 16.6. The lowest BCUT2D eigenvalue weighted by molar-refractivity contribution is -0.302. The highest BCUT2D eigenvalue weighted by molar-refractivity contribution is 5.76. The second-order valence-corrected chi connectivity index (χ2v) is 16.6. The zero-order chi connectivity index (χ0) is 40.2. The largest absolute Gasteiger partial charge is 0.394 e. The number of hydrogen-bond acceptors (Lipinski definition) is 8. The van der Waals surface area contributed by atoms with E-state index in [1.165, 1.54) is 154 Å². The molecule has 0 saturated carbocycles. The van der Waals surface area contributed by atoms with Gasteiger partial charge in [0.05, 0.1) is 25.4 Å². The topological polar surface area (TPSA) is 149 Å². The van der Waals surface area contributed by atoms with Crippen LogP contribution in [0, 0.1) is 0 Å². The standard InChI is InChI=1S/C46H89NO8/c1-3-5-7-9-11-13-15-17-18-19-20-21-22-24-26-28-30-32-34-36-42(50)47-39(38-54-46-45(53)44(52)43(51)41(37-48)55-46)40(49)35-33-31-29-27-25-23-16-14-12-10-8-6-4-2/h19-20,39-41,43-46,48-49,51-53H,3-18,21-38H2,1-2H3,(H,47,50)/b20-19-. The van der Waals surface area contributed by atoms with Gasteiger partial charge in [-0.2, -0.15) is 0 Å². The predicted octanol–water partition coefficient (Wildman–Crippen LogP) is 9.73. The first kappa shape index (κ1) is 51.9. The summed E-state index contributed by atoms with van der Waals surface area (Å²) in [5, 5.41) is 54.3. The van der Waals surface area contributed by atoms with Crippen LogP contribution in [0.1, 0.15) is 219 Å². The first-order valence-corrected chi connectivity index (χ1v) is 23.4. The van der Waals surface area contributed by atoms with Gasteiger partial charge in [-0.05, 0) is 38.5 Å². The number of amides is 1. The van der Waals surface area contributed by atoms with Gasteiger partial charge in [0.2, 0.25) is 5.91 Å². The van der Waals surface area contributed by atoms with Gasteiger partial charge in [-0.15, -0.1) is 0 Å². The molecular formula is C46H89NO8. The number of allylic oxidation sites excluding steroid dienone is 2. The molecule has 6 N–H and O–H groups in total. The van der Waals surface area contributed by atoms with Gasteiger partial charge in [-0.1, -0.05) is 187 Å². The fourth-order valence-corrected chi connectivity index (χ4v) is 7.57. The number of hydrogen-bond donors (Lipinski definition) is 6. The maximum atomic E-state index is 13.0. The minimum absolute atomic E-state index is 0.136. The Bertz CT molecular complexity index is 873. The Kier molecular flexibility index (Phi) is 35.2. The van der Waals surface area contributed by atoms with Gasteiger partial charge in [0.1, 0.15) is 24.4 Å². The zero-order valence-electron chi connectivity index (χ0n) is 35.7. The Morgan fingerprint density at radius 3 is 1.47 bits per heavy atom. The van der Waals surface area contributed by atoms with Crippen LogP contribution in [0.25, 0.3) is 0 Å². The van der Waals surface area contributed by atoms with Gasteiger partial charge in [0.15, 0.2) is 6.29 Å². The van der Waals surface area contributed by atoms with Gasteiger partial charge < -0.3 is 40.3 Å². The second kappa shape index (κ2) is 37.2. The molecule has 7 atom stereocenters. The van der Waals surface area contributed by atoms with E-state index in [1.54, 1.807) is 0 Å². The number of nitrogens with one attached hydrogen (secondary N) is 1. The normalized spacial score (nSPS) is 21.3. The number of aliphatic hydroxyl groups is 5. The van der Waals surface area contributed by atoms with E-state index in [9.17, 15) is 30.3 Å². The minimum Gasteiger partial charge on any atom is -0.394 e. The van der Waals surface area contributed by atoms with Crippen molar-refractivity contribution in [2.24, 2.45) is 0 Å². The molecule has 0 aromatic carbocycles. The molecule has 7 unspecified atom stereocenters. The van der Waals surface area contributed by atoms with E-state index in [4.69, 9.17) is 9.47 Å². The van der Waals surface area contributed by atoms with E-state index in [0.29, 0.717) is 12.8 Å². The average molecular weight is 784 g/mol. The summed E-state index contributed by atoms with van der Waals surface area (Å²) >= 11 is 0. The Morgan fingerprint density at radius 2 is 1.02 bits per heavy atom. The number of carbonyl (C=O) groups excluding carboxylic acids is 1. The predicted molar refractivity (Wildman–Crippen MR) is 226 cm³/mol. The number of rotatable bonds is 39. The van der Waals surface area contributed by atoms with Crippen LogP contribution in [-0.4, -0.2) is 87.5 Å². The molecule has 0 aliphatic carbocycles. The Balaban J connectivity index is 2.30. The molecule has 0 spiro atoms. The summed E-state index contributed by atoms with van der Waals surface area (Å²) in [5.41, 5.74) is 0. The monoisotopic (exact) mass is 784 g/mol. The van der Waals surface area contributed by atoms with Crippen molar-refractivity contribution in [3.05, 3.63) is 12.2 Å². The van der Waals surface area contributed by atoms with Crippen LogP contribution in [-0.2, 0) is 14.3 Å². The molecule has 9 nitrogen and oxygen atoms in total. The van der Waals surface area contributed by atoms with Crippen molar-refractivity contribution in [1.82, 2.24) is 5.32 Å². The van der Waals surface area contributed by atoms with Gasteiger partial charge in [0.25, 0.3) is 0 Å². The van der Waals surface area contributed by atoms with E-state index in [-0.39, 0.29) is 12.5 Å². The van der Waals surface area contributed by atoms with Crippen molar-refractivity contribution in [1.29, 1.82) is 0 Å². The van der Waals surface area contributed by atoms with Crippen LogP contribution in [0.5, 0.6) is 0 Å². The Morgan fingerprint density at radius 1 is 0.600 bits per heavy atom. The molecule has 0 bridgehead atoms. The van der Waals surface area contributed by atoms with Gasteiger partial charge in [-0.25, -0.2) is 0 Å². The highest BCUT2D eigenvalue weighted by Gasteiger charge is 2.44. The third-order valence-corrected chi connectivity index (χ3v) is 11.4. The summed E-state index contributed by atoms with van der Waals surface area (Å²) in [5.74, 6) is -0.148. The summed E-state index contributed by atoms with van der Waals surface area (Å²) < 4.78 is 11.3. The first-order chi connectivity index (χ1) is 26.8. The van der Waals surface area contributed by atoms with Crippen LogP contribution >= 0.6 is 0 Å². The molecule has 1 amide bonds. The third-order valence-electron chi connectivity index (χ3n) is 11.4. The zero-order valence-corrected chi connectivity index (χ0v) is 35.7. The smallest absolute Gasteiger partial charge is 0.220 e. The number of aliphatic hydroxyl groups excluding tert-OH is 5. The molecule has 1 aliphatic rings. The molecule has 1 saturated heterocycles. The van der Waals surface area contributed by atoms with E-state index in [1.807, 2.05) is 0 Å². The van der Waals surface area contributed by atoms with Crippen LogP contribution in [0.2, 0.25) is 0 Å². The molecule has 1 rings (SSSR count). The SMILES string of the molecule is CCCCCCCCCC/C=C\CCCCCCCCCC(=O)NC(COC1OC(CO)C(O)C(O)C1O)C(O)CCCCCCCCCCCCCCC. The summed E-state index contributed by atoms with van der Waals surface area (Å²) in [6.45, 7) is 3.83. The molecule has 1 heterocycles. The average Bonchev–Trinajstić information content (AvgIpc) is 3.18. The number of carbonyl (C=O) groups is 1. The van der Waals surface area contributed by atoms with Gasteiger partial charge in [-0.3, -0.25) is 4.79 Å². The maximum absolute atomic E-state index is 13.0. The van der Waals surface area contributed by atoms with Gasteiger partial charge >= 0.3 is 0 Å². The molecule has 0 aromatic rings. The quantitative estimate of drug-likeness (QED) is 0.0267. The van der Waals surface area contributed by atoms with E-state index in [0.717, 1.165) is 38.5 Å². The van der Waals surface area contributed by atoms with Crippen molar-refractivity contribution in [2.45, 2.75) is 262 Å². The molecule has 55 heavy (non-hydrogen) atoms. The van der Waals surface area contributed by atoms with E-state index >= 15 is 0 Å². The Hall–Kier alpha value is -1.07. The fraction of sp³-hybridized carbons (Fsp3) is 0.935. The molecule has 9 heteroatoms.